The average Bonchev–Trinajstić information content (AvgIpc) is 2.39. The molecular weight excluding hydrogens is 241 g/mol. The molecule has 0 aromatic heterocycles. The Morgan fingerprint density at radius 1 is 1.21 bits per heavy atom. The summed E-state index contributed by atoms with van der Waals surface area (Å²) in [6, 6.07) is 10.9. The van der Waals surface area contributed by atoms with Crippen LogP contribution in [0.15, 0.2) is 36.4 Å². The van der Waals surface area contributed by atoms with E-state index in [9.17, 15) is 4.39 Å². The van der Waals surface area contributed by atoms with Crippen LogP contribution in [0.25, 0.3) is 0 Å². The predicted octanol–water partition coefficient (Wildman–Crippen LogP) is 3.99. The summed E-state index contributed by atoms with van der Waals surface area (Å²) in [5.74, 6) is 0.604. The molecule has 2 aromatic carbocycles. The number of aryl methyl sites for hydroxylation is 2. The normalized spacial score (nSPS) is 17.3. The molecule has 0 spiro atoms. The van der Waals surface area contributed by atoms with E-state index < -0.39 is 0 Å². The first kappa shape index (κ1) is 12.0. The number of ether oxygens (including phenoxy) is 1. The third-order valence-corrected chi connectivity index (χ3v) is 3.41. The van der Waals surface area contributed by atoms with Gasteiger partial charge in [-0.25, -0.2) is 4.39 Å². The number of benzene rings is 2. The lowest BCUT2D eigenvalue weighted by Gasteiger charge is -2.29. The predicted molar refractivity (Wildman–Crippen MR) is 74.2 cm³/mol. The smallest absolute Gasteiger partial charge is 0.146 e. The minimum Gasteiger partial charge on any atom is -0.481 e. The van der Waals surface area contributed by atoms with E-state index in [0.717, 1.165) is 17.0 Å². The van der Waals surface area contributed by atoms with Crippen LogP contribution in [0.5, 0.6) is 5.75 Å². The molecule has 0 aliphatic carbocycles. The van der Waals surface area contributed by atoms with Crippen molar-refractivity contribution in [3.63, 3.8) is 0 Å². The second-order valence-electron chi connectivity index (χ2n) is 4.97. The molecule has 98 valence electrons. The van der Waals surface area contributed by atoms with Gasteiger partial charge in [0.1, 0.15) is 17.7 Å². The van der Waals surface area contributed by atoms with Gasteiger partial charge in [0, 0.05) is 5.56 Å². The minimum absolute atomic E-state index is 0.220. The van der Waals surface area contributed by atoms with E-state index in [1.165, 1.54) is 11.6 Å². The largest absolute Gasteiger partial charge is 0.481 e. The Hall–Kier alpha value is -2.03. The number of fused-ring (bicyclic) bond motifs is 1. The van der Waals surface area contributed by atoms with Crippen LogP contribution in [-0.4, -0.2) is 6.54 Å². The topological polar surface area (TPSA) is 21.3 Å². The maximum atomic E-state index is 13.8. The Kier molecular flexibility index (Phi) is 2.90. The van der Waals surface area contributed by atoms with Crippen LogP contribution in [0, 0.1) is 19.7 Å². The fourth-order valence-electron chi connectivity index (χ4n) is 2.54. The summed E-state index contributed by atoms with van der Waals surface area (Å²) < 4.78 is 19.8. The van der Waals surface area contributed by atoms with Gasteiger partial charge in [0.25, 0.3) is 0 Å². The maximum absolute atomic E-state index is 13.8. The van der Waals surface area contributed by atoms with E-state index in [1.807, 2.05) is 13.0 Å². The molecule has 0 saturated carbocycles. The third-order valence-electron chi connectivity index (χ3n) is 3.41. The average molecular weight is 257 g/mol. The van der Waals surface area contributed by atoms with Crippen molar-refractivity contribution in [3.8, 4) is 5.75 Å². The van der Waals surface area contributed by atoms with Crippen molar-refractivity contribution in [3.05, 3.63) is 58.9 Å². The van der Waals surface area contributed by atoms with Gasteiger partial charge >= 0.3 is 0 Å². The van der Waals surface area contributed by atoms with Crippen LogP contribution >= 0.6 is 0 Å². The van der Waals surface area contributed by atoms with Gasteiger partial charge in [-0.3, -0.25) is 0 Å². The number of hydrogen-bond donors (Lipinski definition) is 1. The molecule has 1 unspecified atom stereocenters. The SMILES string of the molecule is Cc1cc(C)c2c(c1)NCC(c1ccccc1F)O2. The zero-order valence-electron chi connectivity index (χ0n) is 11.0. The van der Waals surface area contributed by atoms with Gasteiger partial charge in [-0.05, 0) is 37.1 Å². The summed E-state index contributed by atoms with van der Waals surface area (Å²) >= 11 is 0. The Bertz CT molecular complexity index is 624. The summed E-state index contributed by atoms with van der Waals surface area (Å²) in [6.45, 7) is 4.64. The van der Waals surface area contributed by atoms with Gasteiger partial charge in [-0.1, -0.05) is 24.3 Å². The van der Waals surface area contributed by atoms with Gasteiger partial charge in [0.15, 0.2) is 0 Å². The second-order valence-corrected chi connectivity index (χ2v) is 4.97. The zero-order valence-corrected chi connectivity index (χ0v) is 11.0. The highest BCUT2D eigenvalue weighted by Gasteiger charge is 2.24. The molecule has 0 radical (unpaired) electrons. The van der Waals surface area contributed by atoms with Crippen LogP contribution in [0.1, 0.15) is 22.8 Å². The molecular formula is C16H16FNO. The second kappa shape index (κ2) is 4.57. The quantitative estimate of drug-likeness (QED) is 0.834. The first-order chi connectivity index (χ1) is 9.15. The summed E-state index contributed by atoms with van der Waals surface area (Å²) in [4.78, 5) is 0. The van der Waals surface area contributed by atoms with Crippen molar-refractivity contribution < 1.29 is 9.13 Å². The number of rotatable bonds is 1. The first-order valence-electron chi connectivity index (χ1n) is 6.41. The van der Waals surface area contributed by atoms with Gasteiger partial charge in [0.05, 0.1) is 12.2 Å². The zero-order chi connectivity index (χ0) is 13.4. The molecule has 2 aromatic rings. The Morgan fingerprint density at radius 2 is 2.00 bits per heavy atom. The highest BCUT2D eigenvalue weighted by atomic mass is 19.1. The summed E-state index contributed by atoms with van der Waals surface area (Å²) in [6.07, 6.45) is -0.282. The molecule has 1 aliphatic rings. The first-order valence-corrected chi connectivity index (χ1v) is 6.41. The van der Waals surface area contributed by atoms with Crippen LogP contribution < -0.4 is 10.1 Å². The molecule has 3 rings (SSSR count). The van der Waals surface area contributed by atoms with Gasteiger partial charge in [0.2, 0.25) is 0 Å². The van der Waals surface area contributed by atoms with E-state index in [0.29, 0.717) is 12.1 Å². The lowest BCUT2D eigenvalue weighted by Crippen LogP contribution is -2.25. The molecule has 1 heterocycles. The van der Waals surface area contributed by atoms with Crippen molar-refractivity contribution in [2.45, 2.75) is 20.0 Å². The minimum atomic E-state index is -0.282. The van der Waals surface area contributed by atoms with Crippen molar-refractivity contribution in [2.24, 2.45) is 0 Å². The Labute approximate surface area is 112 Å². The molecule has 0 bridgehead atoms. The lowest BCUT2D eigenvalue weighted by molar-refractivity contribution is 0.204. The van der Waals surface area contributed by atoms with E-state index in [-0.39, 0.29) is 11.9 Å². The van der Waals surface area contributed by atoms with Crippen molar-refractivity contribution >= 4 is 5.69 Å². The Balaban J connectivity index is 1.97. The monoisotopic (exact) mass is 257 g/mol. The molecule has 2 nitrogen and oxygen atoms in total. The van der Waals surface area contributed by atoms with Gasteiger partial charge in [-0.2, -0.15) is 0 Å². The van der Waals surface area contributed by atoms with E-state index >= 15 is 0 Å². The van der Waals surface area contributed by atoms with Crippen LogP contribution in [0.4, 0.5) is 10.1 Å². The molecule has 0 saturated heterocycles. The highest BCUT2D eigenvalue weighted by molar-refractivity contribution is 5.63. The number of nitrogens with one attached hydrogen (secondary N) is 1. The molecule has 0 amide bonds. The number of halogens is 1. The number of hydrogen-bond acceptors (Lipinski definition) is 2. The van der Waals surface area contributed by atoms with Crippen molar-refractivity contribution in [1.82, 2.24) is 0 Å². The van der Waals surface area contributed by atoms with Crippen LogP contribution in [0.3, 0.4) is 0 Å². The van der Waals surface area contributed by atoms with Crippen molar-refractivity contribution in [2.75, 3.05) is 11.9 Å². The summed E-state index contributed by atoms with van der Waals surface area (Å²) in [5.41, 5.74) is 3.85. The van der Waals surface area contributed by atoms with Gasteiger partial charge < -0.3 is 10.1 Å². The summed E-state index contributed by atoms with van der Waals surface area (Å²) in [5, 5.41) is 3.33. The van der Waals surface area contributed by atoms with Gasteiger partial charge in [-0.15, -0.1) is 0 Å². The van der Waals surface area contributed by atoms with E-state index in [1.54, 1.807) is 12.1 Å². The lowest BCUT2D eigenvalue weighted by atomic mass is 10.0. The molecule has 19 heavy (non-hydrogen) atoms. The standard InChI is InChI=1S/C16H16FNO/c1-10-7-11(2)16-14(8-10)18-9-15(19-16)12-5-3-4-6-13(12)17/h3-8,15,18H,9H2,1-2H3. The summed E-state index contributed by atoms with van der Waals surface area (Å²) in [7, 11) is 0. The van der Waals surface area contributed by atoms with Crippen LogP contribution in [-0.2, 0) is 0 Å². The van der Waals surface area contributed by atoms with Crippen LogP contribution in [0.2, 0.25) is 0 Å². The molecule has 3 heteroatoms. The maximum Gasteiger partial charge on any atom is 0.146 e. The fourth-order valence-corrected chi connectivity index (χ4v) is 2.54. The van der Waals surface area contributed by atoms with E-state index in [2.05, 4.69) is 24.4 Å². The van der Waals surface area contributed by atoms with E-state index in [4.69, 9.17) is 4.74 Å². The number of anilines is 1. The fraction of sp³-hybridized carbons (Fsp3) is 0.250. The van der Waals surface area contributed by atoms with Crippen molar-refractivity contribution in [1.29, 1.82) is 0 Å². The Morgan fingerprint density at radius 3 is 2.79 bits per heavy atom. The molecule has 0 fully saturated rings. The molecule has 1 aliphatic heterocycles. The third kappa shape index (κ3) is 2.16. The molecule has 1 N–H and O–H groups in total. The molecule has 1 atom stereocenters. The highest BCUT2D eigenvalue weighted by Crippen LogP contribution is 2.38.